The van der Waals surface area contributed by atoms with Crippen molar-refractivity contribution in [2.45, 2.75) is 57.9 Å². The summed E-state index contributed by atoms with van der Waals surface area (Å²) in [5.41, 5.74) is 3.92. The number of rotatable bonds is 7. The molecule has 0 spiro atoms. The van der Waals surface area contributed by atoms with E-state index in [1.165, 1.54) is 21.5 Å². The average molecular weight is 429 g/mol. The van der Waals surface area contributed by atoms with Gasteiger partial charge in [-0.25, -0.2) is 8.42 Å². The molecule has 6 heteroatoms. The van der Waals surface area contributed by atoms with Crippen LogP contribution in [-0.2, 0) is 29.4 Å². The number of nitrogens with zero attached hydrogens (tertiary/aromatic N) is 1. The Morgan fingerprint density at radius 2 is 1.77 bits per heavy atom. The molecule has 1 amide bonds. The maximum atomic E-state index is 13.0. The molecule has 0 aliphatic carbocycles. The summed E-state index contributed by atoms with van der Waals surface area (Å²) in [6.45, 7) is 7.85. The Morgan fingerprint density at radius 1 is 1.03 bits per heavy atom. The predicted molar refractivity (Wildman–Crippen MR) is 120 cm³/mol. The molecule has 1 fully saturated rings. The van der Waals surface area contributed by atoms with Gasteiger partial charge in [-0.2, -0.15) is 4.31 Å². The second kappa shape index (κ2) is 9.75. The molecule has 2 aromatic rings. The lowest BCUT2D eigenvalue weighted by molar-refractivity contribution is 0.0950. The first kappa shape index (κ1) is 22.5. The van der Waals surface area contributed by atoms with Gasteiger partial charge in [-0.3, -0.25) is 4.79 Å². The van der Waals surface area contributed by atoms with Crippen LogP contribution in [0, 0.1) is 5.92 Å². The number of carbonyl (C=O) groups excluding carboxylic acids is 1. The van der Waals surface area contributed by atoms with E-state index >= 15 is 0 Å². The van der Waals surface area contributed by atoms with E-state index in [1.807, 2.05) is 0 Å². The SMILES string of the molecule is CCc1ccc(CC)c(CNC(=O)c2cccc(S(=O)(=O)N3CCC(C)CC3)c2)c1. The third kappa shape index (κ3) is 5.10. The summed E-state index contributed by atoms with van der Waals surface area (Å²) in [6.07, 6.45) is 3.59. The highest BCUT2D eigenvalue weighted by Crippen LogP contribution is 2.24. The third-order valence-electron chi connectivity index (χ3n) is 5.98. The number of hydrogen-bond donors (Lipinski definition) is 1. The summed E-state index contributed by atoms with van der Waals surface area (Å²) in [4.78, 5) is 12.9. The number of carbonyl (C=O) groups is 1. The first-order valence-electron chi connectivity index (χ1n) is 10.8. The molecule has 0 aromatic heterocycles. The Bertz CT molecular complexity index is 993. The normalized spacial score (nSPS) is 15.8. The zero-order valence-electron chi connectivity index (χ0n) is 18.1. The molecule has 1 heterocycles. The molecule has 30 heavy (non-hydrogen) atoms. The van der Waals surface area contributed by atoms with E-state index in [9.17, 15) is 13.2 Å². The highest BCUT2D eigenvalue weighted by molar-refractivity contribution is 7.89. The summed E-state index contributed by atoms with van der Waals surface area (Å²) >= 11 is 0. The molecule has 1 aliphatic rings. The van der Waals surface area contributed by atoms with Crippen LogP contribution < -0.4 is 5.32 Å². The maximum Gasteiger partial charge on any atom is 0.251 e. The average Bonchev–Trinajstić information content (AvgIpc) is 2.77. The zero-order chi connectivity index (χ0) is 21.7. The number of hydrogen-bond acceptors (Lipinski definition) is 3. The summed E-state index contributed by atoms with van der Waals surface area (Å²) in [5.74, 6) is 0.288. The van der Waals surface area contributed by atoms with Gasteiger partial charge in [0, 0.05) is 25.2 Å². The van der Waals surface area contributed by atoms with Crippen LogP contribution >= 0.6 is 0 Å². The molecule has 0 atom stereocenters. The lowest BCUT2D eigenvalue weighted by Crippen LogP contribution is -2.38. The van der Waals surface area contributed by atoms with Gasteiger partial charge in [0.05, 0.1) is 4.90 Å². The molecular formula is C24H32N2O3S. The molecule has 0 unspecified atom stereocenters. The zero-order valence-corrected chi connectivity index (χ0v) is 19.0. The van der Waals surface area contributed by atoms with Crippen LogP contribution in [0.1, 0.15) is 60.7 Å². The van der Waals surface area contributed by atoms with E-state index in [4.69, 9.17) is 0 Å². The Morgan fingerprint density at radius 3 is 2.43 bits per heavy atom. The predicted octanol–water partition coefficient (Wildman–Crippen LogP) is 4.16. The van der Waals surface area contributed by atoms with Crippen molar-refractivity contribution in [1.29, 1.82) is 0 Å². The number of aryl methyl sites for hydroxylation is 2. The highest BCUT2D eigenvalue weighted by atomic mass is 32.2. The molecule has 1 saturated heterocycles. The number of piperidine rings is 1. The molecule has 0 radical (unpaired) electrons. The summed E-state index contributed by atoms with van der Waals surface area (Å²) in [5, 5.41) is 2.96. The molecule has 1 N–H and O–H groups in total. The van der Waals surface area contributed by atoms with Crippen molar-refractivity contribution >= 4 is 15.9 Å². The molecular weight excluding hydrogens is 396 g/mol. The fourth-order valence-electron chi connectivity index (χ4n) is 3.86. The fourth-order valence-corrected chi connectivity index (χ4v) is 5.37. The fraction of sp³-hybridized carbons (Fsp3) is 0.458. The summed E-state index contributed by atoms with van der Waals surface area (Å²) < 4.78 is 27.5. The van der Waals surface area contributed by atoms with Crippen LogP contribution in [-0.4, -0.2) is 31.7 Å². The lowest BCUT2D eigenvalue weighted by Gasteiger charge is -2.29. The molecule has 0 bridgehead atoms. The highest BCUT2D eigenvalue weighted by Gasteiger charge is 2.28. The van der Waals surface area contributed by atoms with Gasteiger partial charge in [0.15, 0.2) is 0 Å². The molecule has 2 aromatic carbocycles. The van der Waals surface area contributed by atoms with Gasteiger partial charge in [0.1, 0.15) is 0 Å². The number of sulfonamides is 1. The lowest BCUT2D eigenvalue weighted by atomic mass is 10.0. The monoisotopic (exact) mass is 428 g/mol. The number of amides is 1. The van der Waals surface area contributed by atoms with Gasteiger partial charge in [-0.05, 0) is 66.5 Å². The van der Waals surface area contributed by atoms with Crippen LogP contribution in [0.3, 0.4) is 0 Å². The number of nitrogens with one attached hydrogen (secondary N) is 1. The minimum Gasteiger partial charge on any atom is -0.348 e. The Labute approximate surface area is 180 Å². The minimum absolute atomic E-state index is 0.187. The Balaban J connectivity index is 1.74. The third-order valence-corrected chi connectivity index (χ3v) is 7.87. The first-order valence-corrected chi connectivity index (χ1v) is 12.3. The van der Waals surface area contributed by atoms with Crippen molar-refractivity contribution in [1.82, 2.24) is 9.62 Å². The van der Waals surface area contributed by atoms with Crippen molar-refractivity contribution in [2.75, 3.05) is 13.1 Å². The van der Waals surface area contributed by atoms with Gasteiger partial charge in [-0.15, -0.1) is 0 Å². The second-order valence-corrected chi connectivity index (χ2v) is 10.0. The van der Waals surface area contributed by atoms with E-state index in [0.717, 1.165) is 31.2 Å². The maximum absolute atomic E-state index is 13.0. The van der Waals surface area contributed by atoms with Crippen molar-refractivity contribution in [3.8, 4) is 0 Å². The van der Waals surface area contributed by atoms with Crippen molar-refractivity contribution < 1.29 is 13.2 Å². The van der Waals surface area contributed by atoms with E-state index in [-0.39, 0.29) is 10.8 Å². The standard InChI is InChI=1S/C24H32N2O3S/c1-4-19-9-10-20(5-2)22(15-19)17-25-24(27)21-7-6-8-23(16-21)30(28,29)26-13-11-18(3)12-14-26/h6-10,15-16,18H,4-5,11-14,17H2,1-3H3,(H,25,27). The van der Waals surface area contributed by atoms with Crippen LogP contribution in [0.25, 0.3) is 0 Å². The van der Waals surface area contributed by atoms with Gasteiger partial charge in [0.2, 0.25) is 10.0 Å². The van der Waals surface area contributed by atoms with Gasteiger partial charge < -0.3 is 5.32 Å². The molecule has 1 aliphatic heterocycles. The smallest absolute Gasteiger partial charge is 0.251 e. The van der Waals surface area contributed by atoms with Crippen LogP contribution in [0.4, 0.5) is 0 Å². The van der Waals surface area contributed by atoms with Gasteiger partial charge in [0.25, 0.3) is 5.91 Å². The van der Waals surface area contributed by atoms with Crippen LogP contribution in [0.15, 0.2) is 47.4 Å². The summed E-state index contributed by atoms with van der Waals surface area (Å²) in [6, 6.07) is 12.7. The first-order chi connectivity index (χ1) is 14.3. The van der Waals surface area contributed by atoms with Gasteiger partial charge in [-0.1, -0.05) is 45.0 Å². The Kier molecular flexibility index (Phi) is 7.32. The molecule has 3 rings (SSSR count). The largest absolute Gasteiger partial charge is 0.348 e. The van der Waals surface area contributed by atoms with E-state index < -0.39 is 10.0 Å². The minimum atomic E-state index is -3.57. The van der Waals surface area contributed by atoms with Gasteiger partial charge >= 0.3 is 0 Å². The quantitative estimate of drug-likeness (QED) is 0.720. The molecule has 0 saturated carbocycles. The summed E-state index contributed by atoms with van der Waals surface area (Å²) in [7, 11) is -3.57. The Hall–Kier alpha value is -2.18. The van der Waals surface area contributed by atoms with Crippen LogP contribution in [0.2, 0.25) is 0 Å². The van der Waals surface area contributed by atoms with E-state index in [2.05, 4.69) is 44.3 Å². The molecule has 162 valence electrons. The van der Waals surface area contributed by atoms with E-state index in [0.29, 0.717) is 31.1 Å². The van der Waals surface area contributed by atoms with Crippen molar-refractivity contribution in [2.24, 2.45) is 5.92 Å². The van der Waals surface area contributed by atoms with E-state index in [1.54, 1.807) is 18.2 Å². The second-order valence-electron chi connectivity index (χ2n) is 8.11. The van der Waals surface area contributed by atoms with Crippen LogP contribution in [0.5, 0.6) is 0 Å². The van der Waals surface area contributed by atoms with Crippen molar-refractivity contribution in [3.05, 3.63) is 64.7 Å². The number of benzene rings is 2. The van der Waals surface area contributed by atoms with Crippen molar-refractivity contribution in [3.63, 3.8) is 0 Å². The topological polar surface area (TPSA) is 66.5 Å². The molecule has 5 nitrogen and oxygen atoms in total.